The van der Waals surface area contributed by atoms with Crippen molar-refractivity contribution in [1.29, 1.82) is 0 Å². The molecule has 0 bridgehead atoms. The number of carbonyl (C=O) groups excluding carboxylic acids is 1. The van der Waals surface area contributed by atoms with Crippen LogP contribution in [0.3, 0.4) is 0 Å². The van der Waals surface area contributed by atoms with Crippen molar-refractivity contribution in [2.24, 2.45) is 5.92 Å². The predicted octanol–water partition coefficient (Wildman–Crippen LogP) is 3.03. The van der Waals surface area contributed by atoms with Gasteiger partial charge < -0.3 is 10.6 Å². The number of aromatic nitrogens is 1. The molecule has 1 atom stereocenters. The third kappa shape index (κ3) is 5.90. The van der Waals surface area contributed by atoms with Crippen LogP contribution in [0.5, 0.6) is 0 Å². The van der Waals surface area contributed by atoms with Crippen LogP contribution >= 0.6 is 0 Å². The minimum absolute atomic E-state index is 0.172. The summed E-state index contributed by atoms with van der Waals surface area (Å²) >= 11 is 0. The van der Waals surface area contributed by atoms with Gasteiger partial charge >= 0.3 is 6.03 Å². The van der Waals surface area contributed by atoms with Crippen LogP contribution in [0.15, 0.2) is 24.5 Å². The van der Waals surface area contributed by atoms with Crippen LogP contribution in [0.2, 0.25) is 0 Å². The van der Waals surface area contributed by atoms with Crippen molar-refractivity contribution in [2.75, 3.05) is 5.32 Å². The van der Waals surface area contributed by atoms with E-state index in [4.69, 9.17) is 0 Å². The lowest BCUT2D eigenvalue weighted by atomic mass is 10.0. The van der Waals surface area contributed by atoms with Crippen LogP contribution in [0.25, 0.3) is 0 Å². The number of nitrogens with zero attached hydrogens (tertiary/aromatic N) is 1. The summed E-state index contributed by atoms with van der Waals surface area (Å²) in [6, 6.07) is 3.62. The minimum Gasteiger partial charge on any atom is -0.335 e. The molecule has 0 saturated carbocycles. The van der Waals surface area contributed by atoms with E-state index in [2.05, 4.69) is 29.5 Å². The average Bonchev–Trinajstić information content (AvgIpc) is 2.27. The predicted molar refractivity (Wildman–Crippen MR) is 69.9 cm³/mol. The van der Waals surface area contributed by atoms with Crippen molar-refractivity contribution >= 4 is 11.7 Å². The van der Waals surface area contributed by atoms with Gasteiger partial charge in [0.05, 0.1) is 11.9 Å². The maximum absolute atomic E-state index is 11.6. The third-order valence-electron chi connectivity index (χ3n) is 2.47. The molecule has 4 nitrogen and oxygen atoms in total. The lowest BCUT2D eigenvalue weighted by Gasteiger charge is -2.15. The zero-order chi connectivity index (χ0) is 12.7. The summed E-state index contributed by atoms with van der Waals surface area (Å²) in [5.41, 5.74) is 0.709. The fourth-order valence-corrected chi connectivity index (χ4v) is 1.48. The summed E-state index contributed by atoms with van der Waals surface area (Å²) in [7, 11) is 0. The summed E-state index contributed by atoms with van der Waals surface area (Å²) in [6.45, 7) is 6.38. The summed E-state index contributed by atoms with van der Waals surface area (Å²) in [5, 5.41) is 5.65. The number of nitrogens with one attached hydrogen (secondary N) is 2. The first-order chi connectivity index (χ1) is 8.08. The minimum atomic E-state index is -0.172. The highest BCUT2D eigenvalue weighted by molar-refractivity contribution is 5.89. The van der Waals surface area contributed by atoms with Crippen molar-refractivity contribution in [2.45, 2.75) is 39.7 Å². The monoisotopic (exact) mass is 235 g/mol. The van der Waals surface area contributed by atoms with E-state index in [1.54, 1.807) is 18.5 Å². The zero-order valence-corrected chi connectivity index (χ0v) is 10.7. The van der Waals surface area contributed by atoms with Crippen LogP contribution in [0, 0.1) is 5.92 Å². The molecule has 0 radical (unpaired) electrons. The molecule has 0 aliphatic rings. The van der Waals surface area contributed by atoms with E-state index in [1.165, 1.54) is 0 Å². The van der Waals surface area contributed by atoms with Gasteiger partial charge in [-0.1, -0.05) is 13.8 Å². The van der Waals surface area contributed by atoms with Crippen molar-refractivity contribution in [3.63, 3.8) is 0 Å². The number of hydrogen-bond donors (Lipinski definition) is 2. The molecule has 2 N–H and O–H groups in total. The third-order valence-corrected chi connectivity index (χ3v) is 2.47. The van der Waals surface area contributed by atoms with Gasteiger partial charge in [0.15, 0.2) is 0 Å². The molecule has 0 spiro atoms. The standard InChI is InChI=1S/C13H21N3O/c1-10(2)6-7-11(3)15-13(17)16-12-5-4-8-14-9-12/h4-5,8-11H,6-7H2,1-3H3,(H2,15,16,17). The van der Waals surface area contributed by atoms with Gasteiger partial charge in [0.1, 0.15) is 0 Å². The van der Waals surface area contributed by atoms with E-state index in [0.717, 1.165) is 12.8 Å². The Hall–Kier alpha value is -1.58. The molecule has 1 aromatic heterocycles. The zero-order valence-electron chi connectivity index (χ0n) is 10.7. The Bertz CT molecular complexity index is 338. The molecule has 2 amide bonds. The molecule has 94 valence electrons. The quantitative estimate of drug-likeness (QED) is 0.824. The van der Waals surface area contributed by atoms with Crippen LogP contribution in [0.1, 0.15) is 33.6 Å². The lowest BCUT2D eigenvalue weighted by molar-refractivity contribution is 0.248. The number of pyridine rings is 1. The molecule has 0 aliphatic carbocycles. The van der Waals surface area contributed by atoms with Gasteiger partial charge in [0.25, 0.3) is 0 Å². The molecule has 1 unspecified atom stereocenters. The van der Waals surface area contributed by atoms with Gasteiger partial charge in [-0.15, -0.1) is 0 Å². The Morgan fingerprint density at radius 2 is 2.12 bits per heavy atom. The number of rotatable bonds is 5. The Labute approximate surface area is 103 Å². The Balaban J connectivity index is 2.29. The first-order valence-corrected chi connectivity index (χ1v) is 6.05. The molecule has 4 heteroatoms. The molecular formula is C13H21N3O. The van der Waals surface area contributed by atoms with Gasteiger partial charge in [-0.3, -0.25) is 4.98 Å². The maximum atomic E-state index is 11.6. The van der Waals surface area contributed by atoms with Crippen LogP contribution < -0.4 is 10.6 Å². The van der Waals surface area contributed by atoms with E-state index in [0.29, 0.717) is 11.6 Å². The summed E-state index contributed by atoms with van der Waals surface area (Å²) < 4.78 is 0. The van der Waals surface area contributed by atoms with Crippen LogP contribution in [0.4, 0.5) is 10.5 Å². The number of carbonyl (C=O) groups is 1. The van der Waals surface area contributed by atoms with Gasteiger partial charge in [0, 0.05) is 12.2 Å². The molecule has 0 aromatic carbocycles. The summed E-state index contributed by atoms with van der Waals surface area (Å²) in [5.74, 6) is 0.667. The number of amides is 2. The van der Waals surface area contributed by atoms with E-state index >= 15 is 0 Å². The molecule has 0 fully saturated rings. The fourth-order valence-electron chi connectivity index (χ4n) is 1.48. The highest BCUT2D eigenvalue weighted by Crippen LogP contribution is 2.07. The van der Waals surface area contributed by atoms with Gasteiger partial charge in [-0.25, -0.2) is 4.79 Å². The topological polar surface area (TPSA) is 54.0 Å². The van der Waals surface area contributed by atoms with Crippen molar-refractivity contribution in [3.05, 3.63) is 24.5 Å². The molecule has 0 saturated heterocycles. The second kappa shape index (κ2) is 6.89. The lowest BCUT2D eigenvalue weighted by Crippen LogP contribution is -2.36. The Morgan fingerprint density at radius 3 is 2.71 bits per heavy atom. The second-order valence-corrected chi connectivity index (χ2v) is 4.71. The number of hydrogen-bond acceptors (Lipinski definition) is 2. The largest absolute Gasteiger partial charge is 0.335 e. The molecule has 1 rings (SSSR count). The highest BCUT2D eigenvalue weighted by Gasteiger charge is 2.07. The van der Waals surface area contributed by atoms with E-state index in [9.17, 15) is 4.79 Å². The average molecular weight is 235 g/mol. The summed E-state index contributed by atoms with van der Waals surface area (Å²) in [6.07, 6.45) is 5.42. The summed E-state index contributed by atoms with van der Waals surface area (Å²) in [4.78, 5) is 15.6. The smallest absolute Gasteiger partial charge is 0.319 e. The molecule has 1 aromatic rings. The highest BCUT2D eigenvalue weighted by atomic mass is 16.2. The molecule has 1 heterocycles. The Kier molecular flexibility index (Phi) is 5.46. The van der Waals surface area contributed by atoms with Gasteiger partial charge in [0.2, 0.25) is 0 Å². The number of anilines is 1. The van der Waals surface area contributed by atoms with E-state index in [1.807, 2.05) is 13.0 Å². The SMILES string of the molecule is CC(C)CCC(C)NC(=O)Nc1cccnc1. The maximum Gasteiger partial charge on any atom is 0.319 e. The van der Waals surface area contributed by atoms with Crippen molar-refractivity contribution < 1.29 is 4.79 Å². The van der Waals surface area contributed by atoms with Gasteiger partial charge in [-0.05, 0) is 37.8 Å². The van der Waals surface area contributed by atoms with Crippen LogP contribution in [-0.4, -0.2) is 17.1 Å². The first-order valence-electron chi connectivity index (χ1n) is 6.05. The Morgan fingerprint density at radius 1 is 1.35 bits per heavy atom. The van der Waals surface area contributed by atoms with Gasteiger partial charge in [-0.2, -0.15) is 0 Å². The second-order valence-electron chi connectivity index (χ2n) is 4.71. The van der Waals surface area contributed by atoms with E-state index in [-0.39, 0.29) is 12.1 Å². The molecule has 17 heavy (non-hydrogen) atoms. The number of urea groups is 1. The van der Waals surface area contributed by atoms with Crippen LogP contribution in [-0.2, 0) is 0 Å². The molecule has 0 aliphatic heterocycles. The molecular weight excluding hydrogens is 214 g/mol. The fraction of sp³-hybridized carbons (Fsp3) is 0.538. The first kappa shape index (κ1) is 13.5. The van der Waals surface area contributed by atoms with E-state index < -0.39 is 0 Å². The van der Waals surface area contributed by atoms with Crippen molar-refractivity contribution in [3.8, 4) is 0 Å². The normalized spacial score (nSPS) is 12.2. The van der Waals surface area contributed by atoms with Crippen molar-refractivity contribution in [1.82, 2.24) is 10.3 Å².